The smallest absolute Gasteiger partial charge is 0.123 e. The molecular formula is C12H17ClO. The van der Waals surface area contributed by atoms with Gasteiger partial charge >= 0.3 is 0 Å². The van der Waals surface area contributed by atoms with Crippen molar-refractivity contribution in [3.05, 3.63) is 28.3 Å². The van der Waals surface area contributed by atoms with Gasteiger partial charge in [-0.25, -0.2) is 0 Å². The van der Waals surface area contributed by atoms with Gasteiger partial charge in [-0.2, -0.15) is 0 Å². The third-order valence-corrected chi connectivity index (χ3v) is 2.79. The van der Waals surface area contributed by atoms with Crippen LogP contribution in [0.4, 0.5) is 0 Å². The van der Waals surface area contributed by atoms with Gasteiger partial charge in [-0.3, -0.25) is 0 Å². The lowest BCUT2D eigenvalue weighted by Crippen LogP contribution is -1.98. The van der Waals surface area contributed by atoms with Gasteiger partial charge in [-0.05, 0) is 31.4 Å². The zero-order chi connectivity index (χ0) is 10.6. The summed E-state index contributed by atoms with van der Waals surface area (Å²) >= 11 is 6.20. The first kappa shape index (κ1) is 11.4. The van der Waals surface area contributed by atoms with Crippen LogP contribution in [0.5, 0.6) is 5.75 Å². The molecule has 0 saturated carbocycles. The molecule has 78 valence electrons. The summed E-state index contributed by atoms with van der Waals surface area (Å²) in [5.74, 6) is 0.911. The summed E-state index contributed by atoms with van der Waals surface area (Å²) < 4.78 is 5.58. The van der Waals surface area contributed by atoms with E-state index >= 15 is 0 Å². The summed E-state index contributed by atoms with van der Waals surface area (Å²) in [6.07, 6.45) is 1.99. The number of hydrogen-bond acceptors (Lipinski definition) is 1. The summed E-state index contributed by atoms with van der Waals surface area (Å²) in [5, 5.41) is 0.848. The fraction of sp³-hybridized carbons (Fsp3) is 0.500. The van der Waals surface area contributed by atoms with Crippen LogP contribution in [0.2, 0.25) is 5.02 Å². The van der Waals surface area contributed by atoms with Crippen molar-refractivity contribution in [1.29, 1.82) is 0 Å². The molecule has 0 aliphatic rings. The zero-order valence-corrected chi connectivity index (χ0v) is 9.82. The van der Waals surface area contributed by atoms with E-state index < -0.39 is 0 Å². The maximum atomic E-state index is 6.20. The highest BCUT2D eigenvalue weighted by molar-refractivity contribution is 6.32. The molecule has 0 N–H and O–H groups in total. The summed E-state index contributed by atoms with van der Waals surface area (Å²) in [7, 11) is 0. The number of halogens is 1. The van der Waals surface area contributed by atoms with Gasteiger partial charge in [0.2, 0.25) is 0 Å². The lowest BCUT2D eigenvalue weighted by Gasteiger charge is -2.11. The molecule has 2 heteroatoms. The molecule has 0 amide bonds. The average molecular weight is 213 g/mol. The van der Waals surface area contributed by atoms with Crippen LogP contribution in [0.1, 0.15) is 31.4 Å². The fourth-order valence-electron chi connectivity index (χ4n) is 1.36. The Bertz CT molecular complexity index is 307. The van der Waals surface area contributed by atoms with Gasteiger partial charge in [-0.15, -0.1) is 0 Å². The SMILES string of the molecule is CCCOc1ccc(CC)c(Cl)c1C. The third-order valence-electron chi connectivity index (χ3n) is 2.26. The predicted molar refractivity (Wildman–Crippen MR) is 61.4 cm³/mol. The van der Waals surface area contributed by atoms with E-state index in [9.17, 15) is 0 Å². The number of benzene rings is 1. The number of ether oxygens (including phenoxy) is 1. The molecule has 0 atom stereocenters. The Morgan fingerprint density at radius 1 is 1.29 bits per heavy atom. The lowest BCUT2D eigenvalue weighted by atomic mass is 10.1. The van der Waals surface area contributed by atoms with Crippen molar-refractivity contribution in [3.63, 3.8) is 0 Å². The van der Waals surface area contributed by atoms with Gasteiger partial charge in [0.15, 0.2) is 0 Å². The molecule has 0 fully saturated rings. The van der Waals surface area contributed by atoms with Crippen LogP contribution >= 0.6 is 11.6 Å². The molecule has 0 saturated heterocycles. The Labute approximate surface area is 91.0 Å². The van der Waals surface area contributed by atoms with Crippen molar-refractivity contribution in [2.75, 3.05) is 6.61 Å². The highest BCUT2D eigenvalue weighted by atomic mass is 35.5. The van der Waals surface area contributed by atoms with Gasteiger partial charge < -0.3 is 4.74 Å². The topological polar surface area (TPSA) is 9.23 Å². The lowest BCUT2D eigenvalue weighted by molar-refractivity contribution is 0.315. The Hall–Kier alpha value is -0.690. The van der Waals surface area contributed by atoms with Crippen molar-refractivity contribution in [3.8, 4) is 5.75 Å². The van der Waals surface area contributed by atoms with E-state index in [1.165, 1.54) is 5.56 Å². The van der Waals surface area contributed by atoms with E-state index in [1.807, 2.05) is 19.1 Å². The summed E-state index contributed by atoms with van der Waals surface area (Å²) in [5.41, 5.74) is 2.24. The minimum Gasteiger partial charge on any atom is -0.493 e. The maximum absolute atomic E-state index is 6.20. The second-order valence-electron chi connectivity index (χ2n) is 3.36. The molecule has 0 unspecified atom stereocenters. The van der Waals surface area contributed by atoms with Gasteiger partial charge in [0.05, 0.1) is 11.6 Å². The van der Waals surface area contributed by atoms with Gasteiger partial charge in [0.25, 0.3) is 0 Å². The van der Waals surface area contributed by atoms with Crippen molar-refractivity contribution in [2.45, 2.75) is 33.6 Å². The van der Waals surface area contributed by atoms with Crippen LogP contribution < -0.4 is 4.74 Å². The number of aryl methyl sites for hydroxylation is 1. The molecule has 0 aliphatic heterocycles. The van der Waals surface area contributed by atoms with Gasteiger partial charge in [0.1, 0.15) is 5.75 Å². The van der Waals surface area contributed by atoms with E-state index in [0.717, 1.165) is 35.8 Å². The van der Waals surface area contributed by atoms with Crippen LogP contribution in [0, 0.1) is 6.92 Å². The molecule has 1 aromatic carbocycles. The molecule has 14 heavy (non-hydrogen) atoms. The summed E-state index contributed by atoms with van der Waals surface area (Å²) in [4.78, 5) is 0. The highest BCUT2D eigenvalue weighted by Crippen LogP contribution is 2.29. The minimum absolute atomic E-state index is 0.753. The summed E-state index contributed by atoms with van der Waals surface area (Å²) in [6, 6.07) is 4.05. The van der Waals surface area contributed by atoms with Gasteiger partial charge in [0, 0.05) is 5.56 Å². The first-order valence-corrected chi connectivity index (χ1v) is 5.49. The molecule has 0 spiro atoms. The highest BCUT2D eigenvalue weighted by Gasteiger charge is 2.07. The van der Waals surface area contributed by atoms with E-state index in [1.54, 1.807) is 0 Å². The maximum Gasteiger partial charge on any atom is 0.123 e. The molecular weight excluding hydrogens is 196 g/mol. The van der Waals surface area contributed by atoms with Crippen molar-refractivity contribution >= 4 is 11.6 Å². The normalized spacial score (nSPS) is 10.3. The quantitative estimate of drug-likeness (QED) is 0.733. The van der Waals surface area contributed by atoms with E-state index in [-0.39, 0.29) is 0 Å². The average Bonchev–Trinajstić information content (AvgIpc) is 2.20. The van der Waals surface area contributed by atoms with Crippen LogP contribution in [-0.2, 0) is 6.42 Å². The molecule has 0 aliphatic carbocycles. The molecule has 0 bridgehead atoms. The molecule has 1 nitrogen and oxygen atoms in total. The second-order valence-corrected chi connectivity index (χ2v) is 3.74. The van der Waals surface area contributed by atoms with E-state index in [2.05, 4.69) is 13.8 Å². The minimum atomic E-state index is 0.753. The van der Waals surface area contributed by atoms with Gasteiger partial charge in [-0.1, -0.05) is 31.5 Å². The Balaban J connectivity index is 2.92. The van der Waals surface area contributed by atoms with Crippen LogP contribution in [-0.4, -0.2) is 6.61 Å². The van der Waals surface area contributed by atoms with Crippen LogP contribution in [0.25, 0.3) is 0 Å². The summed E-state index contributed by atoms with van der Waals surface area (Å²) in [6.45, 7) is 6.96. The monoisotopic (exact) mass is 212 g/mol. The van der Waals surface area contributed by atoms with E-state index in [4.69, 9.17) is 16.3 Å². The second kappa shape index (κ2) is 5.26. The zero-order valence-electron chi connectivity index (χ0n) is 9.06. The largest absolute Gasteiger partial charge is 0.493 e. The standard InChI is InChI=1S/C12H17ClO/c1-4-8-14-11-7-6-10(5-2)12(13)9(11)3/h6-7H,4-5,8H2,1-3H3. The third kappa shape index (κ3) is 2.42. The molecule has 0 radical (unpaired) electrons. The molecule has 0 heterocycles. The fourth-order valence-corrected chi connectivity index (χ4v) is 1.65. The molecule has 1 aromatic rings. The Morgan fingerprint density at radius 3 is 2.57 bits per heavy atom. The van der Waals surface area contributed by atoms with Crippen molar-refractivity contribution < 1.29 is 4.74 Å². The first-order valence-electron chi connectivity index (χ1n) is 5.11. The van der Waals surface area contributed by atoms with Crippen LogP contribution in [0.15, 0.2) is 12.1 Å². The predicted octanol–water partition coefficient (Wildman–Crippen LogP) is 4.00. The van der Waals surface area contributed by atoms with E-state index in [0.29, 0.717) is 0 Å². The molecule has 0 aromatic heterocycles. The Kier molecular flexibility index (Phi) is 4.27. The number of hydrogen-bond donors (Lipinski definition) is 0. The number of rotatable bonds is 4. The molecule has 1 rings (SSSR count). The van der Waals surface area contributed by atoms with Crippen LogP contribution in [0.3, 0.4) is 0 Å². The van der Waals surface area contributed by atoms with Crippen molar-refractivity contribution in [2.24, 2.45) is 0 Å². The van der Waals surface area contributed by atoms with Crippen molar-refractivity contribution in [1.82, 2.24) is 0 Å². The first-order chi connectivity index (χ1) is 6.70. The Morgan fingerprint density at radius 2 is 2.00 bits per heavy atom.